The zero-order valence-electron chi connectivity index (χ0n) is 12.2. The first-order chi connectivity index (χ1) is 11.3. The Labute approximate surface area is 136 Å². The van der Waals surface area contributed by atoms with Gasteiger partial charge in [0.2, 0.25) is 11.8 Å². The van der Waals surface area contributed by atoms with E-state index >= 15 is 0 Å². The molecule has 2 aromatic rings. The van der Waals surface area contributed by atoms with Gasteiger partial charge in [-0.15, -0.1) is 0 Å². The number of carbonyl (C=O) groups excluding carboxylic acids is 2. The van der Waals surface area contributed by atoms with E-state index in [9.17, 15) is 19.8 Å². The van der Waals surface area contributed by atoms with Gasteiger partial charge in [0, 0.05) is 35.7 Å². The van der Waals surface area contributed by atoms with Gasteiger partial charge in [-0.1, -0.05) is 0 Å². The highest BCUT2D eigenvalue weighted by atomic mass is 16.3. The summed E-state index contributed by atoms with van der Waals surface area (Å²) in [4.78, 5) is 23.3. The molecule has 24 heavy (non-hydrogen) atoms. The number of hydrogen-bond acceptors (Lipinski definition) is 6. The van der Waals surface area contributed by atoms with Crippen molar-refractivity contribution >= 4 is 23.2 Å². The van der Waals surface area contributed by atoms with Gasteiger partial charge in [0.15, 0.2) is 23.0 Å². The number of hydrogen-bond donors (Lipinski definition) is 6. The van der Waals surface area contributed by atoms with Gasteiger partial charge < -0.3 is 31.1 Å². The Morgan fingerprint density at radius 1 is 0.667 bits per heavy atom. The van der Waals surface area contributed by atoms with Crippen LogP contribution in [0.4, 0.5) is 11.4 Å². The third kappa shape index (κ3) is 4.41. The molecule has 0 aliphatic rings. The van der Waals surface area contributed by atoms with Crippen molar-refractivity contribution in [2.45, 2.75) is 0 Å². The second kappa shape index (κ2) is 7.05. The molecule has 0 aliphatic heterocycles. The number of carbonyl (C=O) groups is 2. The zero-order chi connectivity index (χ0) is 17.7. The fraction of sp³-hybridized carbons (Fsp3) is 0. The van der Waals surface area contributed by atoms with Gasteiger partial charge in [0.25, 0.3) is 0 Å². The van der Waals surface area contributed by atoms with E-state index < -0.39 is 11.8 Å². The molecule has 2 aromatic carbocycles. The van der Waals surface area contributed by atoms with E-state index in [-0.39, 0.29) is 34.4 Å². The summed E-state index contributed by atoms with van der Waals surface area (Å²) >= 11 is 0. The minimum Gasteiger partial charge on any atom is -0.504 e. The number of nitrogens with one attached hydrogen (secondary N) is 2. The number of benzene rings is 2. The largest absolute Gasteiger partial charge is 0.504 e. The number of amides is 2. The maximum atomic E-state index is 11.7. The van der Waals surface area contributed by atoms with Gasteiger partial charge in [-0.2, -0.15) is 0 Å². The second-order valence-corrected chi connectivity index (χ2v) is 4.72. The van der Waals surface area contributed by atoms with Crippen LogP contribution in [0.3, 0.4) is 0 Å². The van der Waals surface area contributed by atoms with E-state index in [0.717, 1.165) is 24.3 Å². The molecular formula is C16H14N2O6. The van der Waals surface area contributed by atoms with E-state index in [1.54, 1.807) is 0 Å². The van der Waals surface area contributed by atoms with E-state index in [0.29, 0.717) is 0 Å². The van der Waals surface area contributed by atoms with Crippen molar-refractivity contribution in [3.8, 4) is 23.0 Å². The van der Waals surface area contributed by atoms with Gasteiger partial charge in [-0.05, 0) is 24.3 Å². The topological polar surface area (TPSA) is 139 Å². The molecule has 0 heterocycles. The van der Waals surface area contributed by atoms with Gasteiger partial charge >= 0.3 is 0 Å². The van der Waals surface area contributed by atoms with E-state index in [1.807, 2.05) is 0 Å². The van der Waals surface area contributed by atoms with E-state index in [1.165, 1.54) is 24.3 Å². The van der Waals surface area contributed by atoms with Crippen molar-refractivity contribution in [2.75, 3.05) is 10.6 Å². The highest BCUT2D eigenvalue weighted by Gasteiger charge is 2.05. The summed E-state index contributed by atoms with van der Waals surface area (Å²) in [6.07, 6.45) is 1.94. The standard InChI is InChI=1S/C16H14N2O6/c19-11-3-1-9(7-13(11)21)17-15(23)5-6-16(24)18-10-2-4-12(20)14(22)8-10/h1-8,19-22H,(H,17,23)(H,18,24)/b6-5+. The first-order valence-electron chi connectivity index (χ1n) is 6.69. The molecule has 2 rings (SSSR count). The molecule has 0 atom stereocenters. The molecule has 0 saturated heterocycles. The number of anilines is 2. The lowest BCUT2D eigenvalue weighted by Gasteiger charge is -2.05. The monoisotopic (exact) mass is 330 g/mol. The second-order valence-electron chi connectivity index (χ2n) is 4.72. The molecule has 0 aromatic heterocycles. The van der Waals surface area contributed by atoms with Crippen LogP contribution in [0.25, 0.3) is 0 Å². The van der Waals surface area contributed by atoms with Crippen LogP contribution in [0.5, 0.6) is 23.0 Å². The quantitative estimate of drug-likeness (QED) is 0.286. The van der Waals surface area contributed by atoms with Gasteiger partial charge in [-0.3, -0.25) is 9.59 Å². The summed E-state index contributed by atoms with van der Waals surface area (Å²) in [5.74, 6) is -2.66. The van der Waals surface area contributed by atoms with E-state index in [4.69, 9.17) is 10.2 Å². The molecular weight excluding hydrogens is 316 g/mol. The smallest absolute Gasteiger partial charge is 0.248 e. The maximum Gasteiger partial charge on any atom is 0.248 e. The van der Waals surface area contributed by atoms with Crippen LogP contribution in [0, 0.1) is 0 Å². The van der Waals surface area contributed by atoms with Crippen LogP contribution < -0.4 is 10.6 Å². The number of phenolic OH excluding ortho intramolecular Hbond substituents is 4. The molecule has 0 radical (unpaired) electrons. The summed E-state index contributed by atoms with van der Waals surface area (Å²) < 4.78 is 0. The van der Waals surface area contributed by atoms with Gasteiger partial charge in [0.05, 0.1) is 0 Å². The Morgan fingerprint density at radius 3 is 1.38 bits per heavy atom. The minimum atomic E-state index is -0.621. The molecule has 0 unspecified atom stereocenters. The van der Waals surface area contributed by atoms with Crippen LogP contribution in [0.1, 0.15) is 0 Å². The highest BCUT2D eigenvalue weighted by molar-refractivity contribution is 6.07. The molecule has 8 nitrogen and oxygen atoms in total. The Kier molecular flexibility index (Phi) is 4.90. The van der Waals surface area contributed by atoms with Crippen molar-refractivity contribution in [3.05, 3.63) is 48.6 Å². The fourth-order valence-corrected chi connectivity index (χ4v) is 1.72. The maximum absolute atomic E-state index is 11.7. The molecule has 0 bridgehead atoms. The summed E-state index contributed by atoms with van der Waals surface area (Å²) in [5.41, 5.74) is 0.479. The number of rotatable bonds is 4. The molecule has 0 aliphatic carbocycles. The Bertz CT molecular complexity index is 749. The molecule has 0 spiro atoms. The van der Waals surface area contributed by atoms with Crippen molar-refractivity contribution < 1.29 is 30.0 Å². The number of aromatic hydroxyl groups is 4. The summed E-state index contributed by atoms with van der Waals surface area (Å²) in [5, 5.41) is 41.8. The van der Waals surface area contributed by atoms with Crippen LogP contribution in [-0.2, 0) is 9.59 Å². The predicted molar refractivity (Wildman–Crippen MR) is 85.9 cm³/mol. The van der Waals surface area contributed by atoms with Crippen LogP contribution in [0.15, 0.2) is 48.6 Å². The van der Waals surface area contributed by atoms with Crippen LogP contribution in [0.2, 0.25) is 0 Å². The predicted octanol–water partition coefficient (Wildman–Crippen LogP) is 1.64. The average molecular weight is 330 g/mol. The molecule has 2 amide bonds. The van der Waals surface area contributed by atoms with Gasteiger partial charge in [-0.25, -0.2) is 0 Å². The van der Waals surface area contributed by atoms with Gasteiger partial charge in [0.1, 0.15) is 0 Å². The van der Waals surface area contributed by atoms with Crippen LogP contribution >= 0.6 is 0 Å². The Hall–Kier alpha value is -3.68. The Balaban J connectivity index is 1.93. The minimum absolute atomic E-state index is 0.240. The van der Waals surface area contributed by atoms with Crippen molar-refractivity contribution in [3.63, 3.8) is 0 Å². The lowest BCUT2D eigenvalue weighted by Crippen LogP contribution is -2.12. The third-order valence-corrected chi connectivity index (χ3v) is 2.87. The number of phenols is 4. The van der Waals surface area contributed by atoms with E-state index in [2.05, 4.69) is 10.6 Å². The Morgan fingerprint density at radius 2 is 1.04 bits per heavy atom. The van der Waals surface area contributed by atoms with Crippen LogP contribution in [-0.4, -0.2) is 32.2 Å². The molecule has 0 fully saturated rings. The molecule has 6 N–H and O–H groups in total. The fourth-order valence-electron chi connectivity index (χ4n) is 1.72. The SMILES string of the molecule is O=C(/C=C/C(=O)Nc1ccc(O)c(O)c1)Nc1ccc(O)c(O)c1. The summed E-state index contributed by atoms with van der Waals surface area (Å²) in [6, 6.07) is 7.47. The molecule has 8 heteroatoms. The summed E-state index contributed by atoms with van der Waals surface area (Å²) in [7, 11) is 0. The lowest BCUT2D eigenvalue weighted by atomic mass is 10.2. The third-order valence-electron chi connectivity index (χ3n) is 2.87. The average Bonchev–Trinajstić information content (AvgIpc) is 2.53. The highest BCUT2D eigenvalue weighted by Crippen LogP contribution is 2.28. The lowest BCUT2D eigenvalue weighted by molar-refractivity contribution is -0.114. The summed E-state index contributed by atoms with van der Waals surface area (Å²) in [6.45, 7) is 0. The molecule has 0 saturated carbocycles. The zero-order valence-corrected chi connectivity index (χ0v) is 12.2. The van der Waals surface area contributed by atoms with Crippen molar-refractivity contribution in [1.82, 2.24) is 0 Å². The molecule has 124 valence electrons. The first-order valence-corrected chi connectivity index (χ1v) is 6.69. The first kappa shape index (κ1) is 16.7. The van der Waals surface area contributed by atoms with Crippen molar-refractivity contribution in [1.29, 1.82) is 0 Å². The normalized spacial score (nSPS) is 10.5. The van der Waals surface area contributed by atoms with Crippen molar-refractivity contribution in [2.24, 2.45) is 0 Å².